The van der Waals surface area contributed by atoms with E-state index in [1.807, 2.05) is 0 Å². The summed E-state index contributed by atoms with van der Waals surface area (Å²) >= 11 is 3.27. The van der Waals surface area contributed by atoms with E-state index in [4.69, 9.17) is 0 Å². The van der Waals surface area contributed by atoms with Crippen LogP contribution < -0.4 is 4.90 Å². The summed E-state index contributed by atoms with van der Waals surface area (Å²) in [6, 6.07) is 6.54. The number of fused-ring (bicyclic) bond motifs is 1. The highest BCUT2D eigenvalue weighted by molar-refractivity contribution is 9.10. The smallest absolute Gasteiger partial charge is 0.416 e. The number of nitriles is 1. The van der Waals surface area contributed by atoms with Crippen LogP contribution in [0, 0.1) is 11.3 Å². The SMILES string of the molecule is COC(=O)/C(C#N)=C1/c2ccc(Br)cc2N(C(=O)OC)C1O. The molecule has 22 heavy (non-hydrogen) atoms. The number of carbonyl (C=O) groups is 2. The molecule has 0 radical (unpaired) electrons. The lowest BCUT2D eigenvalue weighted by Crippen LogP contribution is -2.37. The van der Waals surface area contributed by atoms with Crippen LogP contribution in [0.4, 0.5) is 10.5 Å². The van der Waals surface area contributed by atoms with Crippen LogP contribution in [0.15, 0.2) is 28.2 Å². The van der Waals surface area contributed by atoms with Crippen molar-refractivity contribution in [3.05, 3.63) is 33.8 Å². The van der Waals surface area contributed by atoms with Crippen molar-refractivity contribution >= 4 is 39.3 Å². The van der Waals surface area contributed by atoms with Crippen molar-refractivity contribution in [1.29, 1.82) is 5.26 Å². The molecule has 7 nitrogen and oxygen atoms in total. The lowest BCUT2D eigenvalue weighted by atomic mass is 10.0. The second kappa shape index (κ2) is 6.17. The zero-order valence-corrected chi connectivity index (χ0v) is 13.2. The van der Waals surface area contributed by atoms with Crippen molar-refractivity contribution in [2.24, 2.45) is 0 Å². The maximum atomic E-state index is 11.9. The molecule has 0 spiro atoms. The van der Waals surface area contributed by atoms with Crippen LogP contribution in [-0.4, -0.2) is 37.6 Å². The van der Waals surface area contributed by atoms with Crippen LogP contribution in [0.1, 0.15) is 5.56 Å². The summed E-state index contributed by atoms with van der Waals surface area (Å²) in [6.45, 7) is 0. The number of halogens is 1. The molecule has 1 N–H and O–H groups in total. The van der Waals surface area contributed by atoms with E-state index >= 15 is 0 Å². The van der Waals surface area contributed by atoms with Crippen LogP contribution in [-0.2, 0) is 14.3 Å². The van der Waals surface area contributed by atoms with Gasteiger partial charge in [-0.1, -0.05) is 22.0 Å². The van der Waals surface area contributed by atoms with E-state index < -0.39 is 18.3 Å². The zero-order valence-electron chi connectivity index (χ0n) is 11.7. The lowest BCUT2D eigenvalue weighted by Gasteiger charge is -2.20. The highest BCUT2D eigenvalue weighted by Crippen LogP contribution is 2.42. The van der Waals surface area contributed by atoms with Gasteiger partial charge < -0.3 is 14.6 Å². The van der Waals surface area contributed by atoms with Crippen molar-refractivity contribution in [2.75, 3.05) is 19.1 Å². The van der Waals surface area contributed by atoms with Gasteiger partial charge in [-0.25, -0.2) is 14.5 Å². The Hall–Kier alpha value is -2.37. The topological polar surface area (TPSA) is 99.9 Å². The molecule has 0 bridgehead atoms. The second-order valence-electron chi connectivity index (χ2n) is 4.27. The minimum Gasteiger partial charge on any atom is -0.465 e. The Balaban J connectivity index is 2.75. The van der Waals surface area contributed by atoms with Crippen molar-refractivity contribution < 1.29 is 24.2 Å². The quantitative estimate of drug-likeness (QED) is 0.462. The maximum absolute atomic E-state index is 11.9. The molecule has 0 aliphatic carbocycles. The standard InChI is InChI=1S/C14H11BrN2O5/c1-21-13(19)9(6-16)11-8-4-3-7(15)5-10(8)17(12(11)18)14(20)22-2/h3-5,12,18H,1-2H3/b11-9-. The summed E-state index contributed by atoms with van der Waals surface area (Å²) in [7, 11) is 2.29. The lowest BCUT2D eigenvalue weighted by molar-refractivity contribution is -0.135. The number of benzene rings is 1. The van der Waals surface area contributed by atoms with Gasteiger partial charge in [0.1, 0.15) is 11.6 Å². The summed E-state index contributed by atoms with van der Waals surface area (Å²) < 4.78 is 9.85. The maximum Gasteiger partial charge on any atom is 0.416 e. The predicted octanol–water partition coefficient (Wildman–Crippen LogP) is 1.80. The van der Waals surface area contributed by atoms with Crippen molar-refractivity contribution in [3.8, 4) is 6.07 Å². The number of rotatable bonds is 1. The molecule has 1 aromatic carbocycles. The van der Waals surface area contributed by atoms with Crippen molar-refractivity contribution in [1.82, 2.24) is 0 Å². The molecule has 1 aliphatic heterocycles. The van der Waals surface area contributed by atoms with Crippen molar-refractivity contribution in [2.45, 2.75) is 6.23 Å². The van der Waals surface area contributed by atoms with Gasteiger partial charge in [0.2, 0.25) is 0 Å². The van der Waals surface area contributed by atoms with Gasteiger partial charge in [-0.05, 0) is 12.1 Å². The first-order chi connectivity index (χ1) is 10.5. The summed E-state index contributed by atoms with van der Waals surface area (Å²) in [4.78, 5) is 24.6. The molecule has 1 unspecified atom stereocenters. The molecule has 1 atom stereocenters. The molecule has 8 heteroatoms. The number of aliphatic hydroxyl groups is 1. The van der Waals surface area contributed by atoms with E-state index in [2.05, 4.69) is 25.4 Å². The molecule has 1 aliphatic rings. The fraction of sp³-hybridized carbons (Fsp3) is 0.214. The predicted molar refractivity (Wildman–Crippen MR) is 79.6 cm³/mol. The van der Waals surface area contributed by atoms with Gasteiger partial charge >= 0.3 is 12.1 Å². The summed E-state index contributed by atoms with van der Waals surface area (Å²) in [5.74, 6) is -0.892. The fourth-order valence-electron chi connectivity index (χ4n) is 2.21. The van der Waals surface area contributed by atoms with Gasteiger partial charge in [-0.2, -0.15) is 5.26 Å². The molecule has 114 valence electrons. The third-order valence-electron chi connectivity index (χ3n) is 3.15. The van der Waals surface area contributed by atoms with Crippen LogP contribution in [0.2, 0.25) is 0 Å². The number of amides is 1. The number of aliphatic hydroxyl groups excluding tert-OH is 1. The van der Waals surface area contributed by atoms with Gasteiger partial charge in [0.25, 0.3) is 0 Å². The Kier molecular flexibility index (Phi) is 4.49. The average molecular weight is 367 g/mol. The molecule has 0 saturated heterocycles. The van der Waals surface area contributed by atoms with Gasteiger partial charge in [-0.15, -0.1) is 0 Å². The highest BCUT2D eigenvalue weighted by atomic mass is 79.9. The Bertz CT molecular complexity index is 722. The molecular formula is C14H11BrN2O5. The van der Waals surface area contributed by atoms with Crippen LogP contribution in [0.3, 0.4) is 0 Å². The first-order valence-corrected chi connectivity index (χ1v) is 6.83. The molecular weight excluding hydrogens is 356 g/mol. The molecule has 0 saturated carbocycles. The number of esters is 1. The summed E-state index contributed by atoms with van der Waals surface area (Å²) in [5, 5.41) is 19.6. The van der Waals surface area contributed by atoms with Gasteiger partial charge in [0, 0.05) is 15.6 Å². The Morgan fingerprint density at radius 3 is 2.59 bits per heavy atom. The molecule has 1 amide bonds. The summed E-state index contributed by atoms with van der Waals surface area (Å²) in [6.07, 6.45) is -2.34. The van der Waals surface area contributed by atoms with E-state index in [0.29, 0.717) is 15.7 Å². The van der Waals surface area contributed by atoms with Crippen LogP contribution in [0.5, 0.6) is 0 Å². The Morgan fingerprint density at radius 1 is 1.36 bits per heavy atom. The largest absolute Gasteiger partial charge is 0.465 e. The van der Waals surface area contributed by atoms with E-state index in [-0.39, 0.29) is 11.1 Å². The number of ether oxygens (including phenoxy) is 2. The third kappa shape index (κ3) is 2.45. The summed E-state index contributed by atoms with van der Waals surface area (Å²) in [5.41, 5.74) is 0.329. The minimum absolute atomic E-state index is 0.00208. The van der Waals surface area contributed by atoms with Gasteiger partial charge in [0.15, 0.2) is 6.23 Å². The van der Waals surface area contributed by atoms with E-state index in [1.54, 1.807) is 24.3 Å². The number of anilines is 1. The van der Waals surface area contributed by atoms with E-state index in [0.717, 1.165) is 12.0 Å². The number of methoxy groups -OCH3 is 2. The monoisotopic (exact) mass is 366 g/mol. The first kappa shape index (κ1) is 16.0. The van der Waals surface area contributed by atoms with Crippen LogP contribution in [0.25, 0.3) is 5.57 Å². The number of carbonyl (C=O) groups excluding carboxylic acids is 2. The molecule has 0 aromatic heterocycles. The Labute approximate surface area is 134 Å². The molecule has 1 heterocycles. The molecule has 2 rings (SSSR count). The average Bonchev–Trinajstić information content (AvgIpc) is 2.79. The van der Waals surface area contributed by atoms with Gasteiger partial charge in [0.05, 0.1) is 19.9 Å². The number of hydrogen-bond donors (Lipinski definition) is 1. The Morgan fingerprint density at radius 2 is 2.05 bits per heavy atom. The number of nitrogens with zero attached hydrogens (tertiary/aromatic N) is 2. The molecule has 0 fully saturated rings. The minimum atomic E-state index is -1.52. The van der Waals surface area contributed by atoms with E-state index in [1.165, 1.54) is 7.11 Å². The second-order valence-corrected chi connectivity index (χ2v) is 5.18. The van der Waals surface area contributed by atoms with Crippen LogP contribution >= 0.6 is 15.9 Å². The first-order valence-electron chi connectivity index (χ1n) is 6.04. The highest BCUT2D eigenvalue weighted by Gasteiger charge is 2.40. The normalized spacial score (nSPS) is 18.3. The zero-order chi connectivity index (χ0) is 16.4. The number of hydrogen-bond acceptors (Lipinski definition) is 6. The van der Waals surface area contributed by atoms with E-state index in [9.17, 15) is 20.0 Å². The van der Waals surface area contributed by atoms with Crippen molar-refractivity contribution in [3.63, 3.8) is 0 Å². The third-order valence-corrected chi connectivity index (χ3v) is 3.65. The molecule has 1 aromatic rings. The fourth-order valence-corrected chi connectivity index (χ4v) is 2.56. The van der Waals surface area contributed by atoms with Gasteiger partial charge in [-0.3, -0.25) is 0 Å².